The van der Waals surface area contributed by atoms with Crippen molar-refractivity contribution in [3.8, 4) is 0 Å². The fraction of sp³-hybridized carbons (Fsp3) is 0.312. The molecule has 1 heterocycles. The lowest BCUT2D eigenvalue weighted by atomic mass is 10.1. The summed E-state index contributed by atoms with van der Waals surface area (Å²) < 4.78 is 24.4. The van der Waals surface area contributed by atoms with Crippen LogP contribution in [0.2, 0.25) is 0 Å². The molecule has 1 N–H and O–H groups in total. The van der Waals surface area contributed by atoms with E-state index in [2.05, 4.69) is 11.1 Å². The van der Waals surface area contributed by atoms with Gasteiger partial charge < -0.3 is 24.3 Å². The summed E-state index contributed by atoms with van der Waals surface area (Å²) in [4.78, 5) is 33.3. The summed E-state index contributed by atoms with van der Waals surface area (Å²) in [5.74, 6) is -0.762. The van der Waals surface area contributed by atoms with Crippen molar-refractivity contribution < 1.29 is 23.5 Å². The molecule has 3 aromatic carbocycles. The van der Waals surface area contributed by atoms with Crippen LogP contribution in [-0.2, 0) is 38.6 Å². The summed E-state index contributed by atoms with van der Waals surface area (Å²) in [6.07, 6.45) is 3.20. The summed E-state index contributed by atoms with van der Waals surface area (Å²) in [6.45, 7) is 1.72. The standard InChI is InChI=1S/C32H36FN3O4/c1-39-19-7-17-35(32(38)24-40-23-26-8-3-2-4-9-26)22-31(37)36(21-25-12-14-28(33)15-13-25)18-16-27-20-34-30-11-6-5-10-29(27)30/h2-6,8-15,20,34H,7,16-19,21-24H2,1H3. The predicted molar refractivity (Wildman–Crippen MR) is 153 cm³/mol. The number of carbonyl (C=O) groups excluding carboxylic acids is 2. The maximum absolute atomic E-state index is 13.7. The fourth-order valence-electron chi connectivity index (χ4n) is 4.57. The number of halogens is 1. The average molecular weight is 546 g/mol. The Bertz CT molecular complexity index is 1360. The van der Waals surface area contributed by atoms with Gasteiger partial charge in [-0.05, 0) is 47.7 Å². The van der Waals surface area contributed by atoms with Crippen molar-refractivity contribution in [2.75, 3.05) is 40.0 Å². The van der Waals surface area contributed by atoms with Crippen LogP contribution in [0.25, 0.3) is 10.9 Å². The van der Waals surface area contributed by atoms with E-state index in [-0.39, 0.29) is 30.8 Å². The van der Waals surface area contributed by atoms with Crippen molar-refractivity contribution in [3.05, 3.63) is 108 Å². The molecule has 0 bridgehead atoms. The first-order chi connectivity index (χ1) is 19.5. The molecule has 0 radical (unpaired) electrons. The third-order valence-electron chi connectivity index (χ3n) is 6.76. The minimum Gasteiger partial charge on any atom is -0.385 e. The summed E-state index contributed by atoms with van der Waals surface area (Å²) in [6, 6.07) is 23.8. The van der Waals surface area contributed by atoms with Gasteiger partial charge >= 0.3 is 0 Å². The lowest BCUT2D eigenvalue weighted by molar-refractivity contribution is -0.144. The first-order valence-electron chi connectivity index (χ1n) is 13.5. The molecule has 2 amide bonds. The number of benzene rings is 3. The van der Waals surface area contributed by atoms with E-state index in [4.69, 9.17) is 9.47 Å². The molecule has 0 spiro atoms. The van der Waals surface area contributed by atoms with Gasteiger partial charge in [-0.2, -0.15) is 0 Å². The fourth-order valence-corrected chi connectivity index (χ4v) is 4.57. The van der Waals surface area contributed by atoms with Crippen molar-refractivity contribution in [1.82, 2.24) is 14.8 Å². The average Bonchev–Trinajstić information content (AvgIpc) is 3.39. The number of nitrogens with one attached hydrogen (secondary N) is 1. The number of aromatic nitrogens is 1. The SMILES string of the molecule is COCCCN(CC(=O)N(CCc1c[nH]c2ccccc12)Cc1ccc(F)cc1)C(=O)COCc1ccccc1. The number of rotatable bonds is 15. The molecule has 0 saturated heterocycles. The Kier molecular flexibility index (Phi) is 10.8. The molecule has 0 saturated carbocycles. The van der Waals surface area contributed by atoms with Gasteiger partial charge in [-0.25, -0.2) is 4.39 Å². The first-order valence-corrected chi connectivity index (χ1v) is 13.5. The van der Waals surface area contributed by atoms with Crippen molar-refractivity contribution in [1.29, 1.82) is 0 Å². The topological polar surface area (TPSA) is 74.9 Å². The number of para-hydroxylation sites is 1. The highest BCUT2D eigenvalue weighted by molar-refractivity contribution is 5.86. The zero-order valence-electron chi connectivity index (χ0n) is 22.9. The second-order valence-electron chi connectivity index (χ2n) is 9.69. The monoisotopic (exact) mass is 545 g/mol. The van der Waals surface area contributed by atoms with Crippen LogP contribution in [0.4, 0.5) is 4.39 Å². The Balaban J connectivity index is 1.44. The lowest BCUT2D eigenvalue weighted by Crippen LogP contribution is -2.45. The number of hydrogen-bond acceptors (Lipinski definition) is 4. The molecule has 0 fully saturated rings. The molecule has 4 aromatic rings. The van der Waals surface area contributed by atoms with Crippen molar-refractivity contribution >= 4 is 22.7 Å². The van der Waals surface area contributed by atoms with Crippen LogP contribution < -0.4 is 0 Å². The van der Waals surface area contributed by atoms with Gasteiger partial charge in [0.1, 0.15) is 12.4 Å². The van der Waals surface area contributed by atoms with Crippen molar-refractivity contribution in [3.63, 3.8) is 0 Å². The molecular formula is C32H36FN3O4. The van der Waals surface area contributed by atoms with Crippen LogP contribution in [0.1, 0.15) is 23.1 Å². The van der Waals surface area contributed by atoms with Crippen LogP contribution in [0.3, 0.4) is 0 Å². The van der Waals surface area contributed by atoms with Gasteiger partial charge in [0.05, 0.1) is 13.2 Å². The van der Waals surface area contributed by atoms with E-state index >= 15 is 0 Å². The van der Waals surface area contributed by atoms with Gasteiger partial charge in [0, 0.05) is 50.5 Å². The second-order valence-corrected chi connectivity index (χ2v) is 9.69. The van der Waals surface area contributed by atoms with Gasteiger partial charge in [0.2, 0.25) is 11.8 Å². The Labute approximate surface area is 234 Å². The van der Waals surface area contributed by atoms with Crippen LogP contribution in [0.5, 0.6) is 0 Å². The van der Waals surface area contributed by atoms with E-state index < -0.39 is 0 Å². The number of nitrogens with zero attached hydrogens (tertiary/aromatic N) is 2. The van der Waals surface area contributed by atoms with E-state index in [0.717, 1.165) is 27.6 Å². The number of ether oxygens (including phenoxy) is 2. The summed E-state index contributed by atoms with van der Waals surface area (Å²) in [5.41, 5.74) is 3.94. The summed E-state index contributed by atoms with van der Waals surface area (Å²) >= 11 is 0. The smallest absolute Gasteiger partial charge is 0.249 e. The number of carbonyl (C=O) groups is 2. The Morgan fingerprint density at radius 1 is 0.850 bits per heavy atom. The minimum absolute atomic E-state index is 0.0771. The lowest BCUT2D eigenvalue weighted by Gasteiger charge is -2.28. The van der Waals surface area contributed by atoms with E-state index in [9.17, 15) is 14.0 Å². The molecule has 210 valence electrons. The number of methoxy groups -OCH3 is 1. The largest absolute Gasteiger partial charge is 0.385 e. The van der Waals surface area contributed by atoms with E-state index in [0.29, 0.717) is 45.7 Å². The van der Waals surface area contributed by atoms with E-state index in [1.54, 1.807) is 24.1 Å². The number of H-pyrrole nitrogens is 1. The quantitative estimate of drug-likeness (QED) is 0.214. The molecule has 7 nitrogen and oxygen atoms in total. The molecule has 40 heavy (non-hydrogen) atoms. The maximum atomic E-state index is 13.7. The minimum atomic E-state index is -0.328. The van der Waals surface area contributed by atoms with Gasteiger partial charge in [0.25, 0.3) is 0 Å². The molecule has 0 aliphatic carbocycles. The summed E-state index contributed by atoms with van der Waals surface area (Å²) in [5, 5.41) is 1.11. The second kappa shape index (κ2) is 15.0. The van der Waals surface area contributed by atoms with Gasteiger partial charge in [-0.1, -0.05) is 60.7 Å². The van der Waals surface area contributed by atoms with Crippen molar-refractivity contribution in [2.45, 2.75) is 26.0 Å². The zero-order chi connectivity index (χ0) is 28.2. The third-order valence-corrected chi connectivity index (χ3v) is 6.76. The molecule has 1 aromatic heterocycles. The number of fused-ring (bicyclic) bond motifs is 1. The van der Waals surface area contributed by atoms with Crippen LogP contribution in [-0.4, -0.2) is 66.6 Å². The molecule has 4 rings (SSSR count). The van der Waals surface area contributed by atoms with Crippen molar-refractivity contribution in [2.24, 2.45) is 0 Å². The Hall–Kier alpha value is -4.01. The molecule has 8 heteroatoms. The molecule has 0 atom stereocenters. The van der Waals surface area contributed by atoms with Crippen LogP contribution in [0.15, 0.2) is 85.1 Å². The predicted octanol–water partition coefficient (Wildman–Crippen LogP) is 4.96. The van der Waals surface area contributed by atoms with Gasteiger partial charge in [0.15, 0.2) is 0 Å². The van der Waals surface area contributed by atoms with Gasteiger partial charge in [-0.15, -0.1) is 0 Å². The molecule has 0 aliphatic heterocycles. The number of hydrogen-bond donors (Lipinski definition) is 1. The molecule has 0 unspecified atom stereocenters. The third kappa shape index (κ3) is 8.49. The highest BCUT2D eigenvalue weighted by Crippen LogP contribution is 2.19. The molecule has 0 aliphatic rings. The van der Waals surface area contributed by atoms with E-state index in [1.165, 1.54) is 17.0 Å². The van der Waals surface area contributed by atoms with Gasteiger partial charge in [-0.3, -0.25) is 9.59 Å². The Morgan fingerprint density at radius 2 is 1.60 bits per heavy atom. The van der Waals surface area contributed by atoms with Crippen LogP contribution >= 0.6 is 0 Å². The summed E-state index contributed by atoms with van der Waals surface area (Å²) in [7, 11) is 1.61. The Morgan fingerprint density at radius 3 is 2.38 bits per heavy atom. The normalized spacial score (nSPS) is 11.1. The highest BCUT2D eigenvalue weighted by Gasteiger charge is 2.22. The molecular weight excluding hydrogens is 509 g/mol. The van der Waals surface area contributed by atoms with Crippen LogP contribution in [0, 0.1) is 5.82 Å². The van der Waals surface area contributed by atoms with E-state index in [1.807, 2.05) is 54.7 Å². The number of amides is 2. The maximum Gasteiger partial charge on any atom is 0.249 e. The highest BCUT2D eigenvalue weighted by atomic mass is 19.1. The first kappa shape index (κ1) is 29.0. The zero-order valence-corrected chi connectivity index (χ0v) is 22.9. The number of aromatic amines is 1.